The normalized spacial score (nSPS) is 10.1. The van der Waals surface area contributed by atoms with Crippen LogP contribution in [0.3, 0.4) is 0 Å². The molecule has 0 nitrogen and oxygen atoms in total. The van der Waals surface area contributed by atoms with Crippen molar-refractivity contribution in [3.63, 3.8) is 0 Å². The lowest BCUT2D eigenvalue weighted by Crippen LogP contribution is -1.90. The Kier molecular flexibility index (Phi) is 5.60. The number of benzene rings is 1. The third-order valence-electron chi connectivity index (χ3n) is 2.09. The predicted octanol–water partition coefficient (Wildman–Crippen LogP) is 4.28. The van der Waals surface area contributed by atoms with Gasteiger partial charge in [-0.25, -0.2) is 0 Å². The molecule has 76 valence electrons. The van der Waals surface area contributed by atoms with Gasteiger partial charge >= 0.3 is 0 Å². The van der Waals surface area contributed by atoms with Gasteiger partial charge in [-0.15, -0.1) is 11.7 Å². The van der Waals surface area contributed by atoms with Crippen molar-refractivity contribution in [2.75, 3.05) is 0 Å². The van der Waals surface area contributed by atoms with Gasteiger partial charge in [0.25, 0.3) is 0 Å². The first-order chi connectivity index (χ1) is 6.77. The Bertz CT molecular complexity index is 290. The Morgan fingerprint density at radius 2 is 2.00 bits per heavy atom. The monoisotopic (exact) mass is 242 g/mol. The van der Waals surface area contributed by atoms with Gasteiger partial charge in [0.05, 0.1) is 4.20 Å². The smallest absolute Gasteiger partial charge is 0.0882 e. The van der Waals surface area contributed by atoms with Crippen molar-refractivity contribution in [1.29, 1.82) is 0 Å². The fourth-order valence-corrected chi connectivity index (χ4v) is 1.93. The van der Waals surface area contributed by atoms with Crippen LogP contribution >= 0.6 is 34.7 Å². The molecule has 1 aromatic carbocycles. The number of thiol groups is 1. The van der Waals surface area contributed by atoms with Crippen molar-refractivity contribution in [1.82, 2.24) is 0 Å². The number of hydrogen-bond donors (Lipinski definition) is 1. The molecule has 0 saturated heterocycles. The fraction of sp³-hybridized carbons (Fsp3) is 0.364. The maximum atomic E-state index is 5.14. The summed E-state index contributed by atoms with van der Waals surface area (Å²) < 4.78 is 0.843. The first-order valence-electron chi connectivity index (χ1n) is 4.72. The number of aryl methyl sites for hydroxylation is 1. The Labute approximate surface area is 100 Å². The summed E-state index contributed by atoms with van der Waals surface area (Å²) in [5.41, 5.74) is 2.49. The van der Waals surface area contributed by atoms with Gasteiger partial charge in [-0.1, -0.05) is 49.8 Å². The maximum Gasteiger partial charge on any atom is 0.0882 e. The molecule has 14 heavy (non-hydrogen) atoms. The van der Waals surface area contributed by atoms with Crippen molar-refractivity contribution in [3.8, 4) is 0 Å². The molecule has 0 radical (unpaired) electrons. The predicted molar refractivity (Wildman–Crippen MR) is 73.3 cm³/mol. The molecule has 0 heterocycles. The molecular weight excluding hydrogens is 228 g/mol. The quantitative estimate of drug-likeness (QED) is 0.475. The standard InChI is InChI=1S/C11H14S3/c1-2-3-4-9-5-7-10(8-6-9)11(12)14-13/h5-8,13H,2-4H2,1H3. The van der Waals surface area contributed by atoms with Crippen LogP contribution in [0.25, 0.3) is 0 Å². The molecule has 0 aromatic heterocycles. The Hall–Kier alpha value is 0.01000. The summed E-state index contributed by atoms with van der Waals surface area (Å²) in [6.07, 6.45) is 3.66. The molecule has 0 spiro atoms. The second-order valence-corrected chi connectivity index (χ2v) is 4.98. The highest BCUT2D eigenvalue weighted by Gasteiger charge is 1.99. The first-order valence-corrected chi connectivity index (χ1v) is 7.00. The number of hydrogen-bond acceptors (Lipinski definition) is 3. The third-order valence-corrected chi connectivity index (χ3v) is 3.90. The first kappa shape index (κ1) is 12.1. The average molecular weight is 242 g/mol. The lowest BCUT2D eigenvalue weighted by Gasteiger charge is -2.02. The van der Waals surface area contributed by atoms with E-state index in [2.05, 4.69) is 42.9 Å². The summed E-state index contributed by atoms with van der Waals surface area (Å²) in [4.78, 5) is 0. The summed E-state index contributed by atoms with van der Waals surface area (Å²) in [5, 5.41) is 0. The number of unbranched alkanes of at least 4 members (excludes halogenated alkanes) is 1. The molecule has 1 rings (SSSR count). The van der Waals surface area contributed by atoms with Crippen LogP contribution in [0, 0.1) is 0 Å². The van der Waals surface area contributed by atoms with Gasteiger partial charge < -0.3 is 0 Å². The van der Waals surface area contributed by atoms with Crippen molar-refractivity contribution < 1.29 is 0 Å². The molecule has 0 atom stereocenters. The van der Waals surface area contributed by atoms with Gasteiger partial charge in [-0.05, 0) is 34.8 Å². The number of thiocarbonyl (C=S) groups is 1. The van der Waals surface area contributed by atoms with Crippen molar-refractivity contribution in [3.05, 3.63) is 35.4 Å². The zero-order valence-electron chi connectivity index (χ0n) is 8.19. The highest BCUT2D eigenvalue weighted by Crippen LogP contribution is 2.17. The van der Waals surface area contributed by atoms with Crippen LogP contribution in [0.2, 0.25) is 0 Å². The van der Waals surface area contributed by atoms with E-state index in [9.17, 15) is 0 Å². The zero-order valence-corrected chi connectivity index (χ0v) is 10.7. The molecule has 0 unspecified atom stereocenters. The molecule has 3 heteroatoms. The summed E-state index contributed by atoms with van der Waals surface area (Å²) >= 11 is 9.22. The van der Waals surface area contributed by atoms with E-state index in [1.54, 1.807) is 0 Å². The van der Waals surface area contributed by atoms with Crippen molar-refractivity contribution in [2.45, 2.75) is 26.2 Å². The van der Waals surface area contributed by atoms with Crippen LogP contribution in [0.4, 0.5) is 0 Å². The van der Waals surface area contributed by atoms with E-state index in [4.69, 9.17) is 12.2 Å². The van der Waals surface area contributed by atoms with Crippen LogP contribution < -0.4 is 0 Å². The molecule has 0 saturated carbocycles. The van der Waals surface area contributed by atoms with E-state index in [0.29, 0.717) is 0 Å². The third kappa shape index (κ3) is 3.64. The highest BCUT2D eigenvalue weighted by atomic mass is 33.1. The van der Waals surface area contributed by atoms with Gasteiger partial charge in [0.15, 0.2) is 0 Å². The van der Waals surface area contributed by atoms with Crippen LogP contribution in [-0.2, 0) is 6.42 Å². The Morgan fingerprint density at radius 3 is 2.50 bits per heavy atom. The summed E-state index contributed by atoms with van der Waals surface area (Å²) in [7, 11) is 1.33. The van der Waals surface area contributed by atoms with Crippen LogP contribution in [0.5, 0.6) is 0 Å². The Balaban J connectivity index is 2.63. The van der Waals surface area contributed by atoms with Crippen molar-refractivity contribution in [2.24, 2.45) is 0 Å². The minimum Gasteiger partial charge on any atom is -0.105 e. The van der Waals surface area contributed by atoms with Gasteiger partial charge in [-0.3, -0.25) is 0 Å². The van der Waals surface area contributed by atoms with Gasteiger partial charge in [0, 0.05) is 0 Å². The van der Waals surface area contributed by atoms with E-state index in [0.717, 1.165) is 16.2 Å². The van der Waals surface area contributed by atoms with Gasteiger partial charge in [0.2, 0.25) is 0 Å². The maximum absolute atomic E-state index is 5.14. The van der Waals surface area contributed by atoms with Gasteiger partial charge in [0.1, 0.15) is 0 Å². The van der Waals surface area contributed by atoms with E-state index < -0.39 is 0 Å². The summed E-state index contributed by atoms with van der Waals surface area (Å²) in [5.74, 6) is 0. The van der Waals surface area contributed by atoms with Crippen LogP contribution in [0.1, 0.15) is 30.9 Å². The molecule has 0 bridgehead atoms. The second-order valence-electron chi connectivity index (χ2n) is 3.18. The van der Waals surface area contributed by atoms with Crippen LogP contribution in [-0.4, -0.2) is 4.20 Å². The SMILES string of the molecule is CCCCc1ccc(C(=S)SS)cc1. The largest absolute Gasteiger partial charge is 0.105 e. The van der Waals surface area contributed by atoms with E-state index in [1.165, 1.54) is 29.2 Å². The van der Waals surface area contributed by atoms with Crippen molar-refractivity contribution >= 4 is 38.9 Å². The van der Waals surface area contributed by atoms with E-state index in [-0.39, 0.29) is 0 Å². The summed E-state index contributed by atoms with van der Waals surface area (Å²) in [6.45, 7) is 2.21. The number of rotatable bonds is 4. The lowest BCUT2D eigenvalue weighted by atomic mass is 10.1. The molecule has 0 aliphatic carbocycles. The Morgan fingerprint density at radius 1 is 1.36 bits per heavy atom. The molecule has 0 N–H and O–H groups in total. The summed E-state index contributed by atoms with van der Waals surface area (Å²) in [6, 6.07) is 8.47. The molecule has 0 aliphatic rings. The average Bonchev–Trinajstić information content (AvgIpc) is 2.26. The van der Waals surface area contributed by atoms with E-state index in [1.807, 2.05) is 0 Å². The second kappa shape index (κ2) is 6.49. The van der Waals surface area contributed by atoms with E-state index >= 15 is 0 Å². The zero-order chi connectivity index (χ0) is 10.4. The molecule has 0 aliphatic heterocycles. The lowest BCUT2D eigenvalue weighted by molar-refractivity contribution is 0.795. The fourth-order valence-electron chi connectivity index (χ4n) is 1.24. The minimum absolute atomic E-state index is 0.843. The molecule has 0 amide bonds. The highest BCUT2D eigenvalue weighted by molar-refractivity contribution is 8.76. The molecule has 1 aromatic rings. The minimum atomic E-state index is 0.843. The van der Waals surface area contributed by atoms with Gasteiger partial charge in [-0.2, -0.15) is 0 Å². The molecule has 0 fully saturated rings. The van der Waals surface area contributed by atoms with Crippen LogP contribution in [0.15, 0.2) is 24.3 Å². The topological polar surface area (TPSA) is 0 Å². The molecular formula is C11H14S3.